The van der Waals surface area contributed by atoms with E-state index in [2.05, 4.69) is 25.3 Å². The zero-order valence-corrected chi connectivity index (χ0v) is 11.1. The average molecular weight is 238 g/mol. The second-order valence-electron chi connectivity index (χ2n) is 4.67. The van der Waals surface area contributed by atoms with Gasteiger partial charge >= 0.3 is 0 Å². The molecule has 1 unspecified atom stereocenters. The van der Waals surface area contributed by atoms with Crippen LogP contribution in [0.3, 0.4) is 0 Å². The highest BCUT2D eigenvalue weighted by Gasteiger charge is 2.24. The quantitative estimate of drug-likeness (QED) is 0.611. The van der Waals surface area contributed by atoms with Gasteiger partial charge in [-0.1, -0.05) is 26.7 Å². The Morgan fingerprint density at radius 1 is 1.38 bits per heavy atom. The van der Waals surface area contributed by atoms with E-state index in [1.165, 1.54) is 37.0 Å². The second kappa shape index (κ2) is 5.30. The molecular formula is C13H22N2S. The van der Waals surface area contributed by atoms with Crippen molar-refractivity contribution >= 4 is 11.3 Å². The highest BCUT2D eigenvalue weighted by molar-refractivity contribution is 7.12. The minimum absolute atomic E-state index is 0.352. The van der Waals surface area contributed by atoms with E-state index in [-0.39, 0.29) is 0 Å². The van der Waals surface area contributed by atoms with Crippen molar-refractivity contribution in [3.05, 3.63) is 21.4 Å². The lowest BCUT2D eigenvalue weighted by atomic mass is 9.93. The first-order valence-electron chi connectivity index (χ1n) is 6.37. The third-order valence-corrected chi connectivity index (χ3v) is 5.09. The summed E-state index contributed by atoms with van der Waals surface area (Å²) in [4.78, 5) is 3.04. The summed E-state index contributed by atoms with van der Waals surface area (Å²) in [5, 5.41) is 0. The van der Waals surface area contributed by atoms with Gasteiger partial charge in [-0.3, -0.25) is 11.3 Å². The predicted molar refractivity (Wildman–Crippen MR) is 70.5 cm³/mol. The first-order valence-corrected chi connectivity index (χ1v) is 7.19. The number of thiophene rings is 1. The molecule has 90 valence electrons. The van der Waals surface area contributed by atoms with Crippen LogP contribution in [0.1, 0.15) is 54.5 Å². The Morgan fingerprint density at radius 2 is 2.12 bits per heavy atom. The van der Waals surface area contributed by atoms with E-state index in [0.29, 0.717) is 12.0 Å². The van der Waals surface area contributed by atoms with Crippen molar-refractivity contribution in [2.75, 3.05) is 0 Å². The fourth-order valence-electron chi connectivity index (χ4n) is 2.72. The molecule has 0 saturated carbocycles. The van der Waals surface area contributed by atoms with Crippen LogP contribution in [0.25, 0.3) is 0 Å². The number of fused-ring (bicyclic) bond motifs is 1. The van der Waals surface area contributed by atoms with E-state index in [1.54, 1.807) is 10.4 Å². The van der Waals surface area contributed by atoms with Crippen LogP contribution in [-0.4, -0.2) is 0 Å². The number of hydrogen-bond donors (Lipinski definition) is 2. The van der Waals surface area contributed by atoms with E-state index >= 15 is 0 Å². The Kier molecular flexibility index (Phi) is 4.00. The van der Waals surface area contributed by atoms with Gasteiger partial charge in [0.1, 0.15) is 0 Å². The lowest BCUT2D eigenvalue weighted by Crippen LogP contribution is -2.32. The van der Waals surface area contributed by atoms with E-state index in [4.69, 9.17) is 5.84 Å². The van der Waals surface area contributed by atoms with Crippen molar-refractivity contribution in [2.24, 2.45) is 11.8 Å². The first-order chi connectivity index (χ1) is 7.80. The normalized spacial score (nSPS) is 16.8. The largest absolute Gasteiger partial charge is 0.271 e. The summed E-state index contributed by atoms with van der Waals surface area (Å²) in [6.45, 7) is 4.50. The predicted octanol–water partition coefficient (Wildman–Crippen LogP) is 3.18. The topological polar surface area (TPSA) is 38.0 Å². The molecule has 3 N–H and O–H groups in total. The summed E-state index contributed by atoms with van der Waals surface area (Å²) >= 11 is 1.97. The number of nitrogens with one attached hydrogen (secondary N) is 1. The van der Waals surface area contributed by atoms with E-state index in [1.807, 2.05) is 11.3 Å². The molecule has 0 aliphatic heterocycles. The van der Waals surface area contributed by atoms with Gasteiger partial charge in [0.15, 0.2) is 0 Å². The summed E-state index contributed by atoms with van der Waals surface area (Å²) in [6, 6.07) is 2.74. The van der Waals surface area contributed by atoms with Gasteiger partial charge in [0, 0.05) is 9.75 Å². The maximum absolute atomic E-state index is 5.73. The number of nitrogens with two attached hydrogens (primary N) is 1. The van der Waals surface area contributed by atoms with Crippen LogP contribution in [0.5, 0.6) is 0 Å². The van der Waals surface area contributed by atoms with Crippen LogP contribution in [0.4, 0.5) is 0 Å². The van der Waals surface area contributed by atoms with Crippen LogP contribution in [-0.2, 0) is 12.8 Å². The molecule has 1 atom stereocenters. The third kappa shape index (κ3) is 2.17. The Hall–Kier alpha value is -0.380. The summed E-state index contributed by atoms with van der Waals surface area (Å²) in [5.41, 5.74) is 4.59. The Bertz CT molecular complexity index is 320. The van der Waals surface area contributed by atoms with Crippen molar-refractivity contribution in [3.63, 3.8) is 0 Å². The Labute approximate surface area is 102 Å². The summed E-state index contributed by atoms with van der Waals surface area (Å²) in [5.74, 6) is 6.39. The molecule has 1 aromatic rings. The summed E-state index contributed by atoms with van der Waals surface area (Å²) in [7, 11) is 0. The van der Waals surface area contributed by atoms with Gasteiger partial charge in [-0.2, -0.15) is 0 Å². The molecule has 16 heavy (non-hydrogen) atoms. The Morgan fingerprint density at radius 3 is 2.69 bits per heavy atom. The van der Waals surface area contributed by atoms with Crippen LogP contribution >= 0.6 is 11.3 Å². The van der Waals surface area contributed by atoms with Crippen molar-refractivity contribution in [2.45, 2.75) is 52.0 Å². The van der Waals surface area contributed by atoms with Crippen molar-refractivity contribution in [1.82, 2.24) is 5.43 Å². The lowest BCUT2D eigenvalue weighted by Gasteiger charge is -2.23. The molecule has 0 spiro atoms. The highest BCUT2D eigenvalue weighted by atomic mass is 32.1. The van der Waals surface area contributed by atoms with Gasteiger partial charge in [-0.25, -0.2) is 0 Å². The fraction of sp³-hybridized carbons (Fsp3) is 0.692. The molecule has 3 heteroatoms. The molecule has 0 bridgehead atoms. The third-order valence-electron chi connectivity index (χ3n) is 3.77. The van der Waals surface area contributed by atoms with Gasteiger partial charge < -0.3 is 0 Å². The molecule has 1 heterocycles. The monoisotopic (exact) mass is 238 g/mol. The lowest BCUT2D eigenvalue weighted by molar-refractivity contribution is 0.350. The second-order valence-corrected chi connectivity index (χ2v) is 5.84. The standard InChI is InChI=1S/C13H22N2S/c1-3-9(4-2)13(15-14)12-8-10-6-5-7-11(10)16-12/h8-9,13,15H,3-7,14H2,1-2H3. The minimum atomic E-state index is 0.352. The van der Waals surface area contributed by atoms with Gasteiger partial charge in [0.05, 0.1) is 6.04 Å². The molecule has 0 fully saturated rings. The molecule has 0 amide bonds. The van der Waals surface area contributed by atoms with Crippen LogP contribution in [0, 0.1) is 5.92 Å². The number of hydrazine groups is 1. The summed E-state index contributed by atoms with van der Waals surface area (Å²) in [6.07, 6.45) is 6.27. The smallest absolute Gasteiger partial charge is 0.0581 e. The SMILES string of the molecule is CCC(CC)C(NN)c1cc2c(s1)CCC2. The minimum Gasteiger partial charge on any atom is -0.271 e. The highest BCUT2D eigenvalue weighted by Crippen LogP contribution is 2.37. The molecule has 0 aromatic carbocycles. The Balaban J connectivity index is 2.19. The molecule has 2 rings (SSSR count). The molecule has 1 aliphatic rings. The summed E-state index contributed by atoms with van der Waals surface area (Å²) < 4.78 is 0. The maximum atomic E-state index is 5.73. The number of rotatable bonds is 5. The maximum Gasteiger partial charge on any atom is 0.0581 e. The van der Waals surface area contributed by atoms with Gasteiger partial charge in [-0.15, -0.1) is 11.3 Å². The molecule has 2 nitrogen and oxygen atoms in total. The van der Waals surface area contributed by atoms with Crippen LogP contribution in [0.2, 0.25) is 0 Å². The van der Waals surface area contributed by atoms with Crippen molar-refractivity contribution in [3.8, 4) is 0 Å². The van der Waals surface area contributed by atoms with Crippen LogP contribution < -0.4 is 11.3 Å². The van der Waals surface area contributed by atoms with Gasteiger partial charge in [0.25, 0.3) is 0 Å². The number of hydrogen-bond acceptors (Lipinski definition) is 3. The molecule has 0 saturated heterocycles. The zero-order valence-electron chi connectivity index (χ0n) is 10.3. The van der Waals surface area contributed by atoms with Crippen LogP contribution in [0.15, 0.2) is 6.07 Å². The fourth-order valence-corrected chi connectivity index (χ4v) is 4.13. The molecule has 0 radical (unpaired) electrons. The molecule has 1 aromatic heterocycles. The average Bonchev–Trinajstić information content (AvgIpc) is 2.85. The van der Waals surface area contributed by atoms with E-state index < -0.39 is 0 Å². The zero-order chi connectivity index (χ0) is 11.5. The van der Waals surface area contributed by atoms with E-state index in [0.717, 1.165) is 0 Å². The molecular weight excluding hydrogens is 216 g/mol. The van der Waals surface area contributed by atoms with Crippen molar-refractivity contribution in [1.29, 1.82) is 0 Å². The number of aryl methyl sites for hydroxylation is 2. The van der Waals surface area contributed by atoms with E-state index in [9.17, 15) is 0 Å². The van der Waals surface area contributed by atoms with Crippen molar-refractivity contribution < 1.29 is 0 Å². The van der Waals surface area contributed by atoms with Gasteiger partial charge in [0.2, 0.25) is 0 Å². The molecule has 1 aliphatic carbocycles. The van der Waals surface area contributed by atoms with Gasteiger partial charge in [-0.05, 0) is 36.8 Å². The first kappa shape index (κ1) is 12.1.